The summed E-state index contributed by atoms with van der Waals surface area (Å²) < 4.78 is 1.05. The van der Waals surface area contributed by atoms with Crippen molar-refractivity contribution in [3.05, 3.63) is 55.5 Å². The predicted octanol–water partition coefficient (Wildman–Crippen LogP) is 4.41. The molecule has 27 heavy (non-hydrogen) atoms. The maximum Gasteiger partial charge on any atom is 0.262 e. The number of anilines is 1. The molecular formula is C17H9Cl2N3O3S2. The SMILES string of the molecule is O=C(CN1C(=O)c2ccccc2C1=O)Nc1nc(-c2cc(Cl)sc2Cl)cs1. The summed E-state index contributed by atoms with van der Waals surface area (Å²) in [5.74, 6) is -1.48. The molecule has 6 nitrogen and oxygen atoms in total. The first-order chi connectivity index (χ1) is 12.9. The van der Waals surface area contributed by atoms with Gasteiger partial charge in [0.1, 0.15) is 10.9 Å². The Morgan fingerprint density at radius 2 is 1.78 bits per heavy atom. The second-order valence-corrected chi connectivity index (χ2v) is 8.71. The van der Waals surface area contributed by atoms with Gasteiger partial charge in [0.15, 0.2) is 5.13 Å². The molecule has 0 bridgehead atoms. The first-order valence-electron chi connectivity index (χ1n) is 7.60. The zero-order valence-corrected chi connectivity index (χ0v) is 16.5. The number of nitrogens with zero attached hydrogens (tertiary/aromatic N) is 2. The van der Waals surface area contributed by atoms with Gasteiger partial charge in [-0.25, -0.2) is 4.98 Å². The van der Waals surface area contributed by atoms with Crippen LogP contribution in [0.25, 0.3) is 11.3 Å². The molecule has 4 rings (SSSR count). The highest BCUT2D eigenvalue weighted by Crippen LogP contribution is 2.39. The van der Waals surface area contributed by atoms with E-state index in [1.54, 1.807) is 35.7 Å². The van der Waals surface area contributed by atoms with E-state index in [9.17, 15) is 14.4 Å². The molecule has 0 aliphatic carbocycles. The van der Waals surface area contributed by atoms with Crippen molar-refractivity contribution in [3.63, 3.8) is 0 Å². The van der Waals surface area contributed by atoms with Crippen molar-refractivity contribution in [2.24, 2.45) is 0 Å². The molecule has 0 unspecified atom stereocenters. The number of carbonyl (C=O) groups is 3. The van der Waals surface area contributed by atoms with Gasteiger partial charge in [-0.05, 0) is 18.2 Å². The maximum absolute atomic E-state index is 12.3. The van der Waals surface area contributed by atoms with Gasteiger partial charge < -0.3 is 5.32 Å². The third kappa shape index (κ3) is 3.37. The second kappa shape index (κ2) is 7.05. The minimum atomic E-state index is -0.514. The molecule has 10 heteroatoms. The number of hydrogen-bond acceptors (Lipinski definition) is 6. The lowest BCUT2D eigenvalue weighted by molar-refractivity contribution is -0.116. The standard InChI is InChI=1S/C17H9Cl2N3O3S2/c18-12-5-10(14(19)27-12)11-7-26-17(20-11)21-13(23)6-22-15(24)8-3-1-2-4-9(8)16(22)25/h1-5,7H,6H2,(H,20,21,23). The summed E-state index contributed by atoms with van der Waals surface area (Å²) >= 11 is 14.5. The minimum Gasteiger partial charge on any atom is -0.300 e. The quantitative estimate of drug-likeness (QED) is 0.612. The Morgan fingerprint density at radius 1 is 1.11 bits per heavy atom. The molecule has 0 atom stereocenters. The van der Waals surface area contributed by atoms with Crippen LogP contribution in [0.1, 0.15) is 20.7 Å². The van der Waals surface area contributed by atoms with Gasteiger partial charge in [-0.3, -0.25) is 19.3 Å². The smallest absolute Gasteiger partial charge is 0.262 e. The largest absolute Gasteiger partial charge is 0.300 e. The number of halogens is 2. The fourth-order valence-electron chi connectivity index (χ4n) is 2.65. The summed E-state index contributed by atoms with van der Waals surface area (Å²) in [6.45, 7) is -0.383. The normalized spacial score (nSPS) is 13.2. The number of imide groups is 1. The lowest BCUT2D eigenvalue weighted by Crippen LogP contribution is -2.37. The van der Waals surface area contributed by atoms with E-state index in [0.717, 1.165) is 4.90 Å². The number of fused-ring (bicyclic) bond motifs is 1. The van der Waals surface area contributed by atoms with E-state index < -0.39 is 17.7 Å². The third-order valence-electron chi connectivity index (χ3n) is 3.86. The molecule has 0 saturated heterocycles. The second-order valence-electron chi connectivity index (χ2n) is 5.57. The molecule has 1 aliphatic heterocycles. The number of thiophene rings is 1. The molecule has 2 aromatic heterocycles. The van der Waals surface area contributed by atoms with Crippen LogP contribution in [0.5, 0.6) is 0 Å². The molecule has 1 aliphatic rings. The van der Waals surface area contributed by atoms with Crippen LogP contribution in [-0.4, -0.2) is 34.2 Å². The number of amides is 3. The zero-order valence-electron chi connectivity index (χ0n) is 13.4. The van der Waals surface area contributed by atoms with E-state index in [4.69, 9.17) is 23.2 Å². The van der Waals surface area contributed by atoms with Crippen LogP contribution >= 0.6 is 45.9 Å². The van der Waals surface area contributed by atoms with E-state index in [0.29, 0.717) is 36.2 Å². The van der Waals surface area contributed by atoms with Crippen LogP contribution in [0, 0.1) is 0 Å². The number of hydrogen-bond donors (Lipinski definition) is 1. The number of carbonyl (C=O) groups excluding carboxylic acids is 3. The lowest BCUT2D eigenvalue weighted by atomic mass is 10.1. The van der Waals surface area contributed by atoms with Crippen molar-refractivity contribution >= 4 is 68.7 Å². The Hall–Kier alpha value is -2.26. The van der Waals surface area contributed by atoms with Gasteiger partial charge in [-0.1, -0.05) is 35.3 Å². The summed E-state index contributed by atoms with van der Waals surface area (Å²) in [6, 6.07) is 8.18. The van der Waals surface area contributed by atoms with E-state index in [1.807, 2.05) is 0 Å². The van der Waals surface area contributed by atoms with Crippen molar-refractivity contribution < 1.29 is 14.4 Å². The predicted molar refractivity (Wildman–Crippen MR) is 106 cm³/mol. The van der Waals surface area contributed by atoms with Gasteiger partial charge >= 0.3 is 0 Å². The fraction of sp³-hybridized carbons (Fsp3) is 0.0588. The summed E-state index contributed by atoms with van der Waals surface area (Å²) in [5, 5.41) is 4.68. The summed E-state index contributed by atoms with van der Waals surface area (Å²) in [7, 11) is 0. The summed E-state index contributed by atoms with van der Waals surface area (Å²) in [4.78, 5) is 42.1. The van der Waals surface area contributed by atoms with Crippen molar-refractivity contribution in [1.29, 1.82) is 0 Å². The summed E-state index contributed by atoms with van der Waals surface area (Å²) in [5.41, 5.74) is 1.87. The highest BCUT2D eigenvalue weighted by atomic mass is 35.5. The van der Waals surface area contributed by atoms with Crippen LogP contribution < -0.4 is 5.32 Å². The molecule has 3 amide bonds. The van der Waals surface area contributed by atoms with Crippen LogP contribution in [-0.2, 0) is 4.79 Å². The molecule has 1 aromatic carbocycles. The molecular weight excluding hydrogens is 429 g/mol. The van der Waals surface area contributed by atoms with Gasteiger partial charge in [0.05, 0.1) is 21.2 Å². The Balaban J connectivity index is 1.46. The van der Waals surface area contributed by atoms with Gasteiger partial charge in [0.2, 0.25) is 5.91 Å². The van der Waals surface area contributed by atoms with Crippen LogP contribution in [0.3, 0.4) is 0 Å². The monoisotopic (exact) mass is 437 g/mol. The topological polar surface area (TPSA) is 79.4 Å². The average Bonchev–Trinajstić information content (AvgIpc) is 3.29. The van der Waals surface area contributed by atoms with Crippen molar-refractivity contribution in [1.82, 2.24) is 9.88 Å². The number of thiazole rings is 1. The zero-order chi connectivity index (χ0) is 19.1. The van der Waals surface area contributed by atoms with Gasteiger partial charge in [-0.15, -0.1) is 22.7 Å². The van der Waals surface area contributed by atoms with Crippen LogP contribution in [0.15, 0.2) is 35.7 Å². The molecule has 0 spiro atoms. The minimum absolute atomic E-state index is 0.302. The molecule has 3 aromatic rings. The Morgan fingerprint density at radius 3 is 2.37 bits per heavy atom. The first-order valence-corrected chi connectivity index (χ1v) is 10.0. The molecule has 0 radical (unpaired) electrons. The van der Waals surface area contributed by atoms with E-state index in [2.05, 4.69) is 10.3 Å². The lowest BCUT2D eigenvalue weighted by Gasteiger charge is -2.12. The highest BCUT2D eigenvalue weighted by molar-refractivity contribution is 7.20. The summed E-state index contributed by atoms with van der Waals surface area (Å²) in [6.07, 6.45) is 0. The average molecular weight is 438 g/mol. The number of benzene rings is 1. The molecule has 1 N–H and O–H groups in total. The molecule has 0 saturated carbocycles. The van der Waals surface area contributed by atoms with E-state index in [-0.39, 0.29) is 6.54 Å². The van der Waals surface area contributed by atoms with Crippen LogP contribution in [0.2, 0.25) is 8.67 Å². The number of aromatic nitrogens is 1. The van der Waals surface area contributed by atoms with Crippen molar-refractivity contribution in [2.75, 3.05) is 11.9 Å². The maximum atomic E-state index is 12.3. The first kappa shape index (κ1) is 18.1. The highest BCUT2D eigenvalue weighted by Gasteiger charge is 2.36. The van der Waals surface area contributed by atoms with E-state index in [1.165, 1.54) is 22.7 Å². The fourth-order valence-corrected chi connectivity index (χ4v) is 4.86. The number of rotatable bonds is 4. The Bertz CT molecular complexity index is 1060. The number of nitrogens with one attached hydrogen (secondary N) is 1. The molecule has 0 fully saturated rings. The Kier molecular flexibility index (Phi) is 4.73. The van der Waals surface area contributed by atoms with Gasteiger partial charge in [-0.2, -0.15) is 0 Å². The molecule has 136 valence electrons. The van der Waals surface area contributed by atoms with Gasteiger partial charge in [0.25, 0.3) is 11.8 Å². The molecule has 3 heterocycles. The van der Waals surface area contributed by atoms with Crippen molar-refractivity contribution in [3.8, 4) is 11.3 Å². The Labute approximate surface area is 171 Å². The van der Waals surface area contributed by atoms with Crippen molar-refractivity contribution in [2.45, 2.75) is 0 Å². The third-order valence-corrected chi connectivity index (χ3v) is 6.11. The van der Waals surface area contributed by atoms with Crippen LogP contribution in [0.4, 0.5) is 5.13 Å². The van der Waals surface area contributed by atoms with E-state index >= 15 is 0 Å². The van der Waals surface area contributed by atoms with Gasteiger partial charge in [0, 0.05) is 10.9 Å².